The molecule has 0 saturated heterocycles. The summed E-state index contributed by atoms with van der Waals surface area (Å²) < 4.78 is 32.9. The number of hydrogen-bond acceptors (Lipinski definition) is 6. The summed E-state index contributed by atoms with van der Waals surface area (Å²) in [5, 5.41) is 13.1. The van der Waals surface area contributed by atoms with E-state index in [0.29, 0.717) is 24.3 Å². The first-order chi connectivity index (χ1) is 15.1. The Hall–Kier alpha value is -2.73. The Kier molecular flexibility index (Phi) is 9.39. The van der Waals surface area contributed by atoms with E-state index in [4.69, 9.17) is 44.2 Å². The third kappa shape index (κ3) is 8.42. The van der Waals surface area contributed by atoms with Gasteiger partial charge in [0.25, 0.3) is 0 Å². The highest BCUT2D eigenvalue weighted by molar-refractivity contribution is 7.89. The van der Waals surface area contributed by atoms with E-state index in [-0.39, 0.29) is 33.9 Å². The molecule has 6 N–H and O–H groups in total. The minimum atomic E-state index is -4.16. The molecule has 0 aliphatic rings. The maximum absolute atomic E-state index is 12.6. The van der Waals surface area contributed by atoms with Crippen LogP contribution in [0.25, 0.3) is 0 Å². The van der Waals surface area contributed by atoms with Crippen molar-refractivity contribution in [2.24, 2.45) is 16.6 Å². The van der Waals surface area contributed by atoms with Gasteiger partial charge in [-0.3, -0.25) is 4.79 Å². The molecule has 2 aromatic carbocycles. The number of benzene rings is 2. The van der Waals surface area contributed by atoms with Gasteiger partial charge in [0, 0.05) is 16.5 Å². The van der Waals surface area contributed by atoms with Gasteiger partial charge in [0.15, 0.2) is 0 Å². The number of nitrogens with zero attached hydrogens (tertiary/aromatic N) is 1. The van der Waals surface area contributed by atoms with Crippen LogP contribution in [0.15, 0.2) is 52.5 Å². The van der Waals surface area contributed by atoms with Gasteiger partial charge < -0.3 is 26.1 Å². The number of nitrogens with two attached hydrogens (primary N) is 2. The summed E-state index contributed by atoms with van der Waals surface area (Å²) >= 11 is 11.7. The molecule has 0 aliphatic carbocycles. The Morgan fingerprint density at radius 3 is 2.28 bits per heavy atom. The summed E-state index contributed by atoms with van der Waals surface area (Å²) in [6, 6.07) is 8.92. The minimum absolute atomic E-state index is 0.0878. The van der Waals surface area contributed by atoms with Crippen LogP contribution in [0.4, 0.5) is 0 Å². The van der Waals surface area contributed by atoms with Gasteiger partial charge >= 0.3 is 5.97 Å². The van der Waals surface area contributed by atoms with Gasteiger partial charge in [0.2, 0.25) is 16.0 Å². The fourth-order valence-electron chi connectivity index (χ4n) is 2.51. The molecular weight excluding hydrogens is 483 g/mol. The van der Waals surface area contributed by atoms with E-state index >= 15 is 0 Å². The lowest BCUT2D eigenvalue weighted by atomic mass is 10.1. The van der Waals surface area contributed by atoms with E-state index < -0.39 is 22.0 Å². The smallest absolute Gasteiger partial charge is 0.322 e. The molecule has 0 bridgehead atoms. The predicted octanol–water partition coefficient (Wildman–Crippen LogP) is 1.94. The lowest BCUT2D eigenvalue weighted by Crippen LogP contribution is -2.42. The monoisotopic (exact) mass is 504 g/mol. The van der Waals surface area contributed by atoms with E-state index in [9.17, 15) is 18.3 Å². The Morgan fingerprint density at radius 1 is 1.09 bits per heavy atom. The van der Waals surface area contributed by atoms with Gasteiger partial charge in [-0.25, -0.2) is 8.42 Å². The second kappa shape index (κ2) is 11.8. The molecular formula is C19H22Cl2N4O6S. The number of nitrogens with one attached hydrogen (secondary N) is 1. The molecule has 10 nitrogen and oxygen atoms in total. The molecule has 0 heterocycles. The minimum Gasteiger partial charge on any atom is -0.493 e. The van der Waals surface area contributed by atoms with Crippen molar-refractivity contribution in [3.63, 3.8) is 0 Å². The van der Waals surface area contributed by atoms with Crippen molar-refractivity contribution in [2.45, 2.75) is 23.8 Å². The van der Waals surface area contributed by atoms with Gasteiger partial charge in [-0.05, 0) is 47.5 Å². The topological polar surface area (TPSA) is 166 Å². The molecule has 0 aliphatic heterocycles. The number of sulfonamides is 1. The summed E-state index contributed by atoms with van der Waals surface area (Å²) in [5.41, 5.74) is 10.8. The molecule has 1 atom stereocenters. The average molecular weight is 505 g/mol. The second-order valence-corrected chi connectivity index (χ2v) is 9.10. The Bertz CT molecular complexity index is 1040. The maximum atomic E-state index is 12.6. The fraction of sp³-hybridized carbons (Fsp3) is 0.263. The Balaban J connectivity index is 1.96. The predicted molar refractivity (Wildman–Crippen MR) is 120 cm³/mol. The molecule has 174 valence electrons. The zero-order chi connectivity index (χ0) is 23.7. The summed E-state index contributed by atoms with van der Waals surface area (Å²) in [6.07, 6.45) is 0.449. The number of guanidine groups is 1. The summed E-state index contributed by atoms with van der Waals surface area (Å²) in [7, 11) is -4.16. The first kappa shape index (κ1) is 25.5. The van der Waals surface area contributed by atoms with Crippen LogP contribution in [0, 0.1) is 0 Å². The van der Waals surface area contributed by atoms with Crippen molar-refractivity contribution < 1.29 is 27.9 Å². The highest BCUT2D eigenvalue weighted by atomic mass is 35.5. The van der Waals surface area contributed by atoms with Crippen LogP contribution in [0.1, 0.15) is 12.0 Å². The van der Waals surface area contributed by atoms with Crippen molar-refractivity contribution in [2.75, 3.05) is 13.2 Å². The standard InChI is InChI=1S/C19H22Cl2N4O6S/c20-13-9-14(21)11-16(10-13)32(28,29)25-17(18(26)27)8-12-2-4-15(5-3-12)30-6-1-7-31-24-19(22)23/h2-5,9-11,17,25H,1,6-8H2,(H,26,27)(H4,22,23,24). The number of carboxylic acid groups (broad SMARTS) is 1. The van der Waals surface area contributed by atoms with Crippen LogP contribution < -0.4 is 20.9 Å². The van der Waals surface area contributed by atoms with E-state index in [2.05, 4.69) is 9.88 Å². The third-order valence-electron chi connectivity index (χ3n) is 3.92. The fourth-order valence-corrected chi connectivity index (χ4v) is 4.42. The van der Waals surface area contributed by atoms with Crippen molar-refractivity contribution in [1.82, 2.24) is 4.72 Å². The molecule has 2 rings (SSSR count). The molecule has 0 radical (unpaired) electrons. The molecule has 32 heavy (non-hydrogen) atoms. The van der Waals surface area contributed by atoms with Gasteiger partial charge in [-0.1, -0.05) is 35.3 Å². The number of oxime groups is 1. The van der Waals surface area contributed by atoms with E-state index in [1.54, 1.807) is 24.3 Å². The Labute approximate surface area is 195 Å². The zero-order valence-electron chi connectivity index (χ0n) is 16.7. The summed E-state index contributed by atoms with van der Waals surface area (Å²) in [5.74, 6) is -0.945. The number of aliphatic carboxylic acids is 1. The van der Waals surface area contributed by atoms with Crippen LogP contribution >= 0.6 is 23.2 Å². The number of rotatable bonds is 12. The summed E-state index contributed by atoms with van der Waals surface area (Å²) in [6.45, 7) is 0.618. The van der Waals surface area contributed by atoms with Crippen LogP contribution in [0.2, 0.25) is 10.0 Å². The van der Waals surface area contributed by atoms with E-state index in [1.165, 1.54) is 18.2 Å². The van der Waals surface area contributed by atoms with Crippen LogP contribution in [-0.2, 0) is 26.1 Å². The van der Waals surface area contributed by atoms with Gasteiger partial charge in [-0.15, -0.1) is 0 Å². The normalized spacial score (nSPS) is 12.1. The SMILES string of the molecule is NC(N)=NOCCCOc1ccc(CC(NS(=O)(=O)c2cc(Cl)cc(Cl)c2)C(=O)O)cc1. The number of carboxylic acids is 1. The molecule has 0 amide bonds. The van der Waals surface area contributed by atoms with Crippen molar-refractivity contribution >= 4 is 45.2 Å². The lowest BCUT2D eigenvalue weighted by Gasteiger charge is -2.16. The van der Waals surface area contributed by atoms with Crippen LogP contribution in [0.5, 0.6) is 5.75 Å². The molecule has 0 spiro atoms. The summed E-state index contributed by atoms with van der Waals surface area (Å²) in [4.78, 5) is 16.2. The van der Waals surface area contributed by atoms with Crippen molar-refractivity contribution in [1.29, 1.82) is 0 Å². The van der Waals surface area contributed by atoms with Crippen LogP contribution in [-0.4, -0.2) is 44.7 Å². The first-order valence-electron chi connectivity index (χ1n) is 9.20. The molecule has 0 fully saturated rings. The quantitative estimate of drug-likeness (QED) is 0.147. The average Bonchev–Trinajstić information content (AvgIpc) is 2.70. The van der Waals surface area contributed by atoms with Crippen molar-refractivity contribution in [3.05, 3.63) is 58.1 Å². The maximum Gasteiger partial charge on any atom is 0.322 e. The highest BCUT2D eigenvalue weighted by Crippen LogP contribution is 2.23. The Morgan fingerprint density at radius 2 is 1.72 bits per heavy atom. The molecule has 1 unspecified atom stereocenters. The molecule has 13 heteroatoms. The van der Waals surface area contributed by atoms with Gasteiger partial charge in [0.1, 0.15) is 18.4 Å². The second-order valence-electron chi connectivity index (χ2n) is 6.52. The largest absolute Gasteiger partial charge is 0.493 e. The molecule has 0 aromatic heterocycles. The number of hydrogen-bond donors (Lipinski definition) is 4. The third-order valence-corrected chi connectivity index (χ3v) is 5.81. The molecule has 0 saturated carbocycles. The first-order valence-corrected chi connectivity index (χ1v) is 11.4. The number of ether oxygens (including phenoxy) is 1. The number of carbonyl (C=O) groups is 1. The lowest BCUT2D eigenvalue weighted by molar-refractivity contribution is -0.138. The number of halogens is 2. The van der Waals surface area contributed by atoms with Crippen LogP contribution in [0.3, 0.4) is 0 Å². The molecule has 2 aromatic rings. The van der Waals surface area contributed by atoms with E-state index in [1.807, 2.05) is 0 Å². The van der Waals surface area contributed by atoms with Gasteiger partial charge in [-0.2, -0.15) is 4.72 Å². The highest BCUT2D eigenvalue weighted by Gasteiger charge is 2.26. The van der Waals surface area contributed by atoms with Gasteiger partial charge in [0.05, 0.1) is 11.5 Å². The van der Waals surface area contributed by atoms with E-state index in [0.717, 1.165) is 0 Å². The van der Waals surface area contributed by atoms with Crippen molar-refractivity contribution in [3.8, 4) is 5.75 Å². The zero-order valence-corrected chi connectivity index (χ0v) is 19.0.